The van der Waals surface area contributed by atoms with Crippen molar-refractivity contribution in [3.05, 3.63) is 23.5 Å². The van der Waals surface area contributed by atoms with Crippen LogP contribution in [0.15, 0.2) is 12.1 Å². The van der Waals surface area contributed by atoms with Crippen LogP contribution in [0.1, 0.15) is 25.3 Å². The topological polar surface area (TPSA) is 41.1 Å². The number of rotatable bonds is 2. The molecule has 3 nitrogen and oxygen atoms in total. The van der Waals surface area contributed by atoms with Gasteiger partial charge in [-0.1, -0.05) is 6.92 Å². The third-order valence-corrected chi connectivity index (χ3v) is 5.13. The van der Waals surface area contributed by atoms with Crippen LogP contribution >= 0.6 is 11.8 Å². The summed E-state index contributed by atoms with van der Waals surface area (Å²) in [5.74, 6) is 0.899. The Hall–Kier alpha value is -1.23. The number of hydrogen-bond donors (Lipinski definition) is 2. The number of thioether (sulfide) groups is 1. The van der Waals surface area contributed by atoms with Gasteiger partial charge in [0.15, 0.2) is 0 Å². The van der Waals surface area contributed by atoms with Gasteiger partial charge in [-0.15, -0.1) is 0 Å². The van der Waals surface area contributed by atoms with E-state index in [1.54, 1.807) is 12.1 Å². The Bertz CT molecular complexity index is 520. The van der Waals surface area contributed by atoms with Crippen LogP contribution in [0.4, 0.5) is 15.8 Å². The first kappa shape index (κ1) is 12.8. The standard InChI is InChI=1S/C14H17FN2OS/c1-8-11(4-5-19-8)16-13-7-12-9(6-10(13)15)2-3-14(18)17-12/h6-8,11,16H,2-5H2,1H3,(H,17,18). The van der Waals surface area contributed by atoms with Crippen LogP contribution in [0.5, 0.6) is 0 Å². The molecule has 1 amide bonds. The predicted molar refractivity (Wildman–Crippen MR) is 77.3 cm³/mol. The number of fused-ring (bicyclic) bond motifs is 1. The minimum Gasteiger partial charge on any atom is -0.379 e. The lowest BCUT2D eigenvalue weighted by atomic mass is 10.0. The molecule has 0 aromatic heterocycles. The first-order chi connectivity index (χ1) is 9.13. The van der Waals surface area contributed by atoms with E-state index >= 15 is 0 Å². The number of benzene rings is 1. The molecule has 1 fully saturated rings. The van der Waals surface area contributed by atoms with E-state index in [0.717, 1.165) is 23.4 Å². The summed E-state index contributed by atoms with van der Waals surface area (Å²) in [5, 5.41) is 6.58. The zero-order chi connectivity index (χ0) is 13.4. The molecule has 0 saturated carbocycles. The quantitative estimate of drug-likeness (QED) is 0.875. The molecule has 102 valence electrons. The molecular formula is C14H17FN2OS. The van der Waals surface area contributed by atoms with Crippen molar-refractivity contribution < 1.29 is 9.18 Å². The molecule has 2 heterocycles. The Labute approximate surface area is 116 Å². The fraction of sp³-hybridized carbons (Fsp3) is 0.500. The normalized spacial score (nSPS) is 25.9. The lowest BCUT2D eigenvalue weighted by Gasteiger charge is -2.22. The van der Waals surface area contributed by atoms with Gasteiger partial charge < -0.3 is 10.6 Å². The number of nitrogens with one attached hydrogen (secondary N) is 2. The van der Waals surface area contributed by atoms with E-state index in [-0.39, 0.29) is 11.7 Å². The highest BCUT2D eigenvalue weighted by Crippen LogP contribution is 2.33. The molecule has 2 N–H and O–H groups in total. The van der Waals surface area contributed by atoms with Crippen molar-refractivity contribution in [2.24, 2.45) is 0 Å². The third-order valence-electron chi connectivity index (χ3n) is 3.81. The predicted octanol–water partition coefficient (Wildman–Crippen LogP) is 3.02. The molecule has 0 bridgehead atoms. The Morgan fingerprint density at radius 1 is 1.42 bits per heavy atom. The number of carbonyl (C=O) groups excluding carboxylic acids is 1. The zero-order valence-corrected chi connectivity index (χ0v) is 11.6. The average molecular weight is 280 g/mol. The molecule has 1 aromatic carbocycles. The van der Waals surface area contributed by atoms with Gasteiger partial charge in [-0.3, -0.25) is 4.79 Å². The summed E-state index contributed by atoms with van der Waals surface area (Å²) in [4.78, 5) is 11.4. The van der Waals surface area contributed by atoms with E-state index in [1.165, 1.54) is 0 Å². The Morgan fingerprint density at radius 3 is 3.00 bits per heavy atom. The SMILES string of the molecule is CC1SCCC1Nc1cc2c(cc1F)CCC(=O)N2. The van der Waals surface area contributed by atoms with Crippen LogP contribution < -0.4 is 10.6 Å². The Balaban J connectivity index is 1.85. The van der Waals surface area contributed by atoms with Gasteiger partial charge in [0.25, 0.3) is 0 Å². The molecule has 3 rings (SSSR count). The van der Waals surface area contributed by atoms with Crippen molar-refractivity contribution in [2.75, 3.05) is 16.4 Å². The highest BCUT2D eigenvalue weighted by molar-refractivity contribution is 8.00. The smallest absolute Gasteiger partial charge is 0.224 e. The summed E-state index contributed by atoms with van der Waals surface area (Å²) in [6, 6.07) is 3.58. The van der Waals surface area contributed by atoms with Crippen molar-refractivity contribution in [1.29, 1.82) is 0 Å². The van der Waals surface area contributed by atoms with Gasteiger partial charge >= 0.3 is 0 Å². The molecule has 2 unspecified atom stereocenters. The number of carbonyl (C=O) groups is 1. The summed E-state index contributed by atoms with van der Waals surface area (Å²) in [6.07, 6.45) is 2.11. The second-order valence-electron chi connectivity index (χ2n) is 5.15. The molecule has 19 heavy (non-hydrogen) atoms. The lowest BCUT2D eigenvalue weighted by molar-refractivity contribution is -0.116. The maximum Gasteiger partial charge on any atom is 0.224 e. The Morgan fingerprint density at radius 2 is 2.26 bits per heavy atom. The minimum absolute atomic E-state index is 0.00912. The monoisotopic (exact) mass is 280 g/mol. The second-order valence-corrected chi connectivity index (χ2v) is 6.64. The molecule has 1 aromatic rings. The van der Waals surface area contributed by atoms with E-state index in [9.17, 15) is 9.18 Å². The lowest BCUT2D eigenvalue weighted by Crippen LogP contribution is -2.26. The molecule has 5 heteroatoms. The molecule has 0 aliphatic carbocycles. The third kappa shape index (κ3) is 2.56. The summed E-state index contributed by atoms with van der Waals surface area (Å²) >= 11 is 1.90. The first-order valence-electron chi connectivity index (χ1n) is 6.64. The van der Waals surface area contributed by atoms with Crippen LogP contribution in [-0.4, -0.2) is 23.0 Å². The van der Waals surface area contributed by atoms with Crippen molar-refractivity contribution in [3.8, 4) is 0 Å². The summed E-state index contributed by atoms with van der Waals surface area (Å²) in [7, 11) is 0. The molecule has 2 atom stereocenters. The largest absolute Gasteiger partial charge is 0.379 e. The number of amides is 1. The number of halogens is 1. The highest BCUT2D eigenvalue weighted by Gasteiger charge is 2.25. The molecule has 0 spiro atoms. The first-order valence-corrected chi connectivity index (χ1v) is 7.69. The van der Waals surface area contributed by atoms with E-state index < -0.39 is 0 Å². The van der Waals surface area contributed by atoms with Crippen molar-refractivity contribution in [1.82, 2.24) is 0 Å². The maximum absolute atomic E-state index is 14.1. The summed E-state index contributed by atoms with van der Waals surface area (Å²) in [5.41, 5.74) is 2.13. The van der Waals surface area contributed by atoms with Crippen molar-refractivity contribution in [2.45, 2.75) is 37.5 Å². The van der Waals surface area contributed by atoms with E-state index in [1.807, 2.05) is 11.8 Å². The highest BCUT2D eigenvalue weighted by atomic mass is 32.2. The second kappa shape index (κ2) is 5.04. The number of hydrogen-bond acceptors (Lipinski definition) is 3. The zero-order valence-electron chi connectivity index (χ0n) is 10.8. The number of anilines is 2. The van der Waals surface area contributed by atoms with Crippen LogP contribution in [0.25, 0.3) is 0 Å². The van der Waals surface area contributed by atoms with E-state index in [2.05, 4.69) is 17.6 Å². The van der Waals surface area contributed by atoms with Gasteiger partial charge in [0, 0.05) is 23.4 Å². The summed E-state index contributed by atoms with van der Waals surface area (Å²) < 4.78 is 14.1. The molecule has 0 radical (unpaired) electrons. The minimum atomic E-state index is -0.223. The van der Waals surface area contributed by atoms with Crippen LogP contribution in [0.2, 0.25) is 0 Å². The van der Waals surface area contributed by atoms with Crippen molar-refractivity contribution in [3.63, 3.8) is 0 Å². The van der Waals surface area contributed by atoms with Gasteiger partial charge in [-0.25, -0.2) is 4.39 Å². The number of aryl methyl sites for hydroxylation is 1. The molecule has 2 aliphatic rings. The van der Waals surface area contributed by atoms with Gasteiger partial charge in [0.2, 0.25) is 5.91 Å². The van der Waals surface area contributed by atoms with E-state index in [4.69, 9.17) is 0 Å². The van der Waals surface area contributed by atoms with Crippen LogP contribution in [0.3, 0.4) is 0 Å². The van der Waals surface area contributed by atoms with Gasteiger partial charge in [0.1, 0.15) is 5.82 Å². The van der Waals surface area contributed by atoms with Gasteiger partial charge in [-0.05, 0) is 36.3 Å². The van der Waals surface area contributed by atoms with E-state index in [0.29, 0.717) is 29.8 Å². The molecule has 1 saturated heterocycles. The molecule has 2 aliphatic heterocycles. The fourth-order valence-corrected chi connectivity index (χ4v) is 3.83. The molecular weight excluding hydrogens is 263 g/mol. The summed E-state index contributed by atoms with van der Waals surface area (Å²) in [6.45, 7) is 2.16. The fourth-order valence-electron chi connectivity index (χ4n) is 2.63. The van der Waals surface area contributed by atoms with Gasteiger partial charge in [0.05, 0.1) is 5.69 Å². The van der Waals surface area contributed by atoms with Gasteiger partial charge in [-0.2, -0.15) is 11.8 Å². The van der Waals surface area contributed by atoms with Crippen molar-refractivity contribution >= 4 is 29.0 Å². The maximum atomic E-state index is 14.1. The average Bonchev–Trinajstić information content (AvgIpc) is 2.77. The Kier molecular flexibility index (Phi) is 3.39. The van der Waals surface area contributed by atoms with Crippen LogP contribution in [-0.2, 0) is 11.2 Å². The van der Waals surface area contributed by atoms with Crippen LogP contribution in [0, 0.1) is 5.82 Å².